The molecule has 3 rings (SSSR count). The number of nitrogens with zero attached hydrogens (tertiary/aromatic N) is 2. The monoisotopic (exact) mass is 344 g/mol. The van der Waals surface area contributed by atoms with Crippen LogP contribution in [0.1, 0.15) is 36.5 Å². The third-order valence-electron chi connectivity index (χ3n) is 4.67. The van der Waals surface area contributed by atoms with Crippen molar-refractivity contribution >= 4 is 11.6 Å². The zero-order chi connectivity index (χ0) is 17.7. The average molecular weight is 344 g/mol. The van der Waals surface area contributed by atoms with E-state index in [-0.39, 0.29) is 28.6 Å². The van der Waals surface area contributed by atoms with E-state index >= 15 is 0 Å². The number of aliphatic hydroxyl groups is 1. The number of carbonyl (C=O) groups is 1. The summed E-state index contributed by atoms with van der Waals surface area (Å²) in [5.41, 5.74) is -3.36. The van der Waals surface area contributed by atoms with Crippen molar-refractivity contribution in [2.75, 3.05) is 0 Å². The van der Waals surface area contributed by atoms with Crippen molar-refractivity contribution in [1.29, 1.82) is 0 Å². The van der Waals surface area contributed by atoms with Crippen LogP contribution in [-0.2, 0) is 0 Å². The van der Waals surface area contributed by atoms with Crippen LogP contribution in [-0.4, -0.2) is 33.6 Å². The lowest BCUT2D eigenvalue weighted by Gasteiger charge is -2.39. The molecule has 1 aromatic carbocycles. The first kappa shape index (κ1) is 16.9. The fraction of sp³-hybridized carbons (Fsp3) is 0.500. The molecule has 8 heteroatoms. The molecule has 1 aromatic rings. The number of alkyl halides is 3. The van der Waals surface area contributed by atoms with Crippen molar-refractivity contribution in [3.8, 4) is 0 Å². The number of hydrogen-bond donors (Lipinski definition) is 1. The van der Waals surface area contributed by atoms with E-state index in [1.807, 2.05) is 0 Å². The number of fused-ring (bicyclic) bond motifs is 1. The Labute approximate surface area is 135 Å². The Kier molecular flexibility index (Phi) is 3.90. The zero-order valence-corrected chi connectivity index (χ0v) is 12.8. The van der Waals surface area contributed by atoms with Gasteiger partial charge in [-0.05, 0) is 49.4 Å². The van der Waals surface area contributed by atoms with Gasteiger partial charge in [0.2, 0.25) is 0 Å². The average Bonchev–Trinajstić information content (AvgIpc) is 2.81. The minimum absolute atomic E-state index is 0.0105. The smallest absolute Gasteiger partial charge is 0.362 e. The molecule has 1 fully saturated rings. The summed E-state index contributed by atoms with van der Waals surface area (Å²) in [7, 11) is 0. The van der Waals surface area contributed by atoms with Crippen LogP contribution in [0.3, 0.4) is 0 Å². The van der Waals surface area contributed by atoms with Gasteiger partial charge in [-0.3, -0.25) is 4.79 Å². The molecule has 0 unspecified atom stereocenters. The van der Waals surface area contributed by atoms with Crippen molar-refractivity contribution in [2.45, 2.75) is 38.1 Å². The van der Waals surface area contributed by atoms with E-state index in [1.165, 1.54) is 0 Å². The van der Waals surface area contributed by atoms with Gasteiger partial charge in [-0.15, -0.1) is 0 Å². The molecule has 130 valence electrons. The zero-order valence-electron chi connectivity index (χ0n) is 12.8. The van der Waals surface area contributed by atoms with Crippen LogP contribution in [0.5, 0.6) is 0 Å². The third-order valence-corrected chi connectivity index (χ3v) is 4.67. The van der Waals surface area contributed by atoms with Crippen molar-refractivity contribution in [2.24, 2.45) is 16.9 Å². The number of carbonyl (C=O) groups excluding carboxylic acids is 1. The van der Waals surface area contributed by atoms with E-state index in [0.29, 0.717) is 12.8 Å². The molecular weight excluding hydrogens is 328 g/mol. The molecule has 0 spiro atoms. The third kappa shape index (κ3) is 2.49. The fourth-order valence-electron chi connectivity index (χ4n) is 3.33. The number of halogens is 4. The Morgan fingerprint density at radius 3 is 2.54 bits per heavy atom. The molecule has 1 N–H and O–H groups in total. The summed E-state index contributed by atoms with van der Waals surface area (Å²) in [5.74, 6) is -3.01. The second-order valence-corrected chi connectivity index (χ2v) is 6.37. The second-order valence-electron chi connectivity index (χ2n) is 6.37. The number of amides is 1. The molecule has 4 nitrogen and oxygen atoms in total. The standard InChI is InChI=1S/C16H16F4N2O2/c1-9-2-7-13-12(8-9)15(24,16(18,19)20)22(21-13)14(23)10-3-5-11(17)6-4-10/h3-6,9,12,24H,2,7-8H2,1H3/t9-,12+,15-/m1/s1. The molecule has 0 radical (unpaired) electrons. The van der Waals surface area contributed by atoms with Crippen molar-refractivity contribution in [3.63, 3.8) is 0 Å². The van der Waals surface area contributed by atoms with Crippen LogP contribution in [0.4, 0.5) is 17.6 Å². The fourth-order valence-corrected chi connectivity index (χ4v) is 3.33. The number of benzene rings is 1. The van der Waals surface area contributed by atoms with Crippen LogP contribution in [0.25, 0.3) is 0 Å². The molecule has 1 heterocycles. The van der Waals surface area contributed by atoms with Crippen molar-refractivity contribution < 1.29 is 27.5 Å². The largest absolute Gasteiger partial charge is 0.439 e. The van der Waals surface area contributed by atoms with Crippen LogP contribution in [0, 0.1) is 17.7 Å². The van der Waals surface area contributed by atoms with Crippen molar-refractivity contribution in [3.05, 3.63) is 35.6 Å². The highest BCUT2D eigenvalue weighted by molar-refractivity contribution is 5.99. The van der Waals surface area contributed by atoms with Gasteiger partial charge >= 0.3 is 6.18 Å². The van der Waals surface area contributed by atoms with E-state index in [4.69, 9.17) is 0 Å². The molecule has 0 aromatic heterocycles. The van der Waals surface area contributed by atoms with E-state index in [2.05, 4.69) is 5.10 Å². The molecule has 0 bridgehead atoms. The molecular formula is C16H16F4N2O2. The summed E-state index contributed by atoms with van der Waals surface area (Å²) >= 11 is 0. The number of rotatable bonds is 1. The lowest BCUT2D eigenvalue weighted by atomic mass is 9.76. The highest BCUT2D eigenvalue weighted by atomic mass is 19.4. The van der Waals surface area contributed by atoms with Crippen molar-refractivity contribution in [1.82, 2.24) is 5.01 Å². The van der Waals surface area contributed by atoms with Crippen LogP contribution < -0.4 is 0 Å². The maximum Gasteiger partial charge on any atom is 0.439 e. The predicted molar refractivity (Wildman–Crippen MR) is 77.5 cm³/mol. The van der Waals surface area contributed by atoms with Gasteiger partial charge in [0.1, 0.15) is 5.82 Å². The SMILES string of the molecule is C[C@@H]1CCC2=NN(C(=O)c3ccc(F)cc3)[C@](O)(C(F)(F)F)[C@H]2C1. The summed E-state index contributed by atoms with van der Waals surface area (Å²) < 4.78 is 53.9. The molecule has 1 aliphatic carbocycles. The van der Waals surface area contributed by atoms with Crippen LogP contribution in [0.15, 0.2) is 29.4 Å². The second kappa shape index (κ2) is 5.54. The normalized spacial score (nSPS) is 30.1. The first-order valence-electron chi connectivity index (χ1n) is 7.61. The van der Waals surface area contributed by atoms with Gasteiger partial charge in [-0.2, -0.15) is 23.3 Å². The number of hydrazone groups is 1. The molecule has 0 saturated heterocycles. The highest BCUT2D eigenvalue weighted by Gasteiger charge is 2.68. The molecule has 1 amide bonds. The van der Waals surface area contributed by atoms with Gasteiger partial charge in [0.25, 0.3) is 11.6 Å². The van der Waals surface area contributed by atoms with E-state index in [9.17, 15) is 27.5 Å². The minimum Gasteiger partial charge on any atom is -0.362 e. The van der Waals surface area contributed by atoms with Gasteiger partial charge in [-0.1, -0.05) is 6.92 Å². The van der Waals surface area contributed by atoms with E-state index in [0.717, 1.165) is 24.3 Å². The summed E-state index contributed by atoms with van der Waals surface area (Å²) in [6.45, 7) is 1.80. The quantitative estimate of drug-likeness (QED) is 0.795. The Hall–Kier alpha value is -1.96. The highest BCUT2D eigenvalue weighted by Crippen LogP contribution is 2.49. The van der Waals surface area contributed by atoms with Gasteiger partial charge in [-0.25, -0.2) is 4.39 Å². The van der Waals surface area contributed by atoms with Gasteiger partial charge in [0.15, 0.2) is 0 Å². The van der Waals surface area contributed by atoms with E-state index < -0.39 is 29.5 Å². The molecule has 1 aliphatic heterocycles. The summed E-state index contributed by atoms with van der Waals surface area (Å²) in [6, 6.07) is 4.08. The van der Waals surface area contributed by atoms with Gasteiger partial charge < -0.3 is 5.11 Å². The van der Waals surface area contributed by atoms with Gasteiger partial charge in [0.05, 0.1) is 5.92 Å². The Balaban J connectivity index is 2.03. The Bertz CT molecular complexity index is 686. The van der Waals surface area contributed by atoms with Gasteiger partial charge in [0, 0.05) is 11.3 Å². The van der Waals surface area contributed by atoms with Crippen LogP contribution >= 0.6 is 0 Å². The first-order valence-corrected chi connectivity index (χ1v) is 7.61. The Morgan fingerprint density at radius 1 is 1.33 bits per heavy atom. The lowest BCUT2D eigenvalue weighted by molar-refractivity contribution is -0.313. The summed E-state index contributed by atoms with van der Waals surface area (Å²) in [6.07, 6.45) is -4.00. The lowest BCUT2D eigenvalue weighted by Crippen LogP contribution is -2.61. The molecule has 2 aliphatic rings. The maximum absolute atomic E-state index is 13.7. The first-order chi connectivity index (χ1) is 11.1. The minimum atomic E-state index is -5.06. The predicted octanol–water partition coefficient (Wildman–Crippen LogP) is 3.32. The number of hydrogen-bond acceptors (Lipinski definition) is 3. The Morgan fingerprint density at radius 2 is 1.96 bits per heavy atom. The molecule has 1 saturated carbocycles. The maximum atomic E-state index is 13.7. The summed E-state index contributed by atoms with van der Waals surface area (Å²) in [5, 5.41) is 14.4. The topological polar surface area (TPSA) is 52.9 Å². The molecule has 24 heavy (non-hydrogen) atoms. The molecule has 3 atom stereocenters. The van der Waals surface area contributed by atoms with Crippen LogP contribution in [0.2, 0.25) is 0 Å². The van der Waals surface area contributed by atoms with E-state index in [1.54, 1.807) is 6.92 Å². The summed E-state index contributed by atoms with van der Waals surface area (Å²) in [4.78, 5) is 12.5.